The van der Waals surface area contributed by atoms with E-state index in [2.05, 4.69) is 24.0 Å². The van der Waals surface area contributed by atoms with Gasteiger partial charge in [-0.15, -0.1) is 0 Å². The van der Waals surface area contributed by atoms with Gasteiger partial charge in [0.15, 0.2) is 0 Å². The molecule has 0 unspecified atom stereocenters. The van der Waals surface area contributed by atoms with Gasteiger partial charge in [0.05, 0.1) is 25.5 Å². The van der Waals surface area contributed by atoms with Gasteiger partial charge in [0.25, 0.3) is 0 Å². The molecule has 1 aromatic carbocycles. The lowest BCUT2D eigenvalue weighted by Crippen LogP contribution is -2.51. The number of likely N-dealkylation sites (N-methyl/N-ethyl adjacent to an activating group) is 1. The number of carbonyl (C=O) groups is 1. The molecule has 0 fully saturated rings. The SMILES string of the molecule is CCN1Cc2ccccc2C[C@H]1C(=O)N(CCO)Cc1ccco1. The molecule has 2 aromatic rings. The zero-order valence-electron chi connectivity index (χ0n) is 14.0. The van der Waals surface area contributed by atoms with Gasteiger partial charge in [-0.25, -0.2) is 0 Å². The Bertz CT molecular complexity index is 669. The first-order chi connectivity index (χ1) is 11.7. The molecule has 0 bridgehead atoms. The summed E-state index contributed by atoms with van der Waals surface area (Å²) in [5.41, 5.74) is 2.53. The largest absolute Gasteiger partial charge is 0.467 e. The van der Waals surface area contributed by atoms with Crippen molar-refractivity contribution in [3.8, 4) is 0 Å². The number of hydrogen-bond acceptors (Lipinski definition) is 4. The van der Waals surface area contributed by atoms with Crippen molar-refractivity contribution in [2.24, 2.45) is 0 Å². The Morgan fingerprint density at radius 2 is 2.08 bits per heavy atom. The number of carbonyl (C=O) groups excluding carboxylic acids is 1. The van der Waals surface area contributed by atoms with E-state index in [9.17, 15) is 9.90 Å². The van der Waals surface area contributed by atoms with Gasteiger partial charge in [0.2, 0.25) is 5.91 Å². The highest BCUT2D eigenvalue weighted by Crippen LogP contribution is 2.24. The van der Waals surface area contributed by atoms with Gasteiger partial charge in [-0.3, -0.25) is 9.69 Å². The van der Waals surface area contributed by atoms with E-state index in [-0.39, 0.29) is 18.6 Å². The summed E-state index contributed by atoms with van der Waals surface area (Å²) in [5, 5.41) is 9.36. The van der Waals surface area contributed by atoms with Crippen molar-refractivity contribution in [3.05, 3.63) is 59.5 Å². The number of aliphatic hydroxyl groups is 1. The molecule has 1 aromatic heterocycles. The lowest BCUT2D eigenvalue weighted by atomic mass is 9.93. The van der Waals surface area contributed by atoms with Crippen molar-refractivity contribution in [1.29, 1.82) is 0 Å². The molecule has 5 nitrogen and oxygen atoms in total. The number of furan rings is 1. The molecule has 0 radical (unpaired) electrons. The number of benzene rings is 1. The highest BCUT2D eigenvalue weighted by atomic mass is 16.3. The molecule has 0 aliphatic carbocycles. The van der Waals surface area contributed by atoms with Gasteiger partial charge in [-0.05, 0) is 36.2 Å². The summed E-state index contributed by atoms with van der Waals surface area (Å²) in [5.74, 6) is 0.785. The standard InChI is InChI=1S/C19H24N2O3/c1-2-20-13-16-7-4-3-6-15(16)12-18(20)19(23)21(9-10-22)14-17-8-5-11-24-17/h3-8,11,18,22H,2,9-10,12-14H2,1H3/t18-/m0/s1. The third-order valence-electron chi connectivity index (χ3n) is 4.65. The predicted octanol–water partition coefficient (Wildman–Crippen LogP) is 2.05. The summed E-state index contributed by atoms with van der Waals surface area (Å²) < 4.78 is 5.37. The second kappa shape index (κ2) is 7.64. The first kappa shape index (κ1) is 16.7. The van der Waals surface area contributed by atoms with Crippen LogP contribution in [0.4, 0.5) is 0 Å². The minimum Gasteiger partial charge on any atom is -0.467 e. The maximum Gasteiger partial charge on any atom is 0.240 e. The van der Waals surface area contributed by atoms with Crippen LogP contribution in [0.15, 0.2) is 47.1 Å². The number of nitrogens with zero attached hydrogens (tertiary/aromatic N) is 2. The van der Waals surface area contributed by atoms with E-state index in [1.165, 1.54) is 11.1 Å². The quantitative estimate of drug-likeness (QED) is 0.882. The number of amides is 1. The Kier molecular flexibility index (Phi) is 5.33. The molecule has 3 rings (SSSR count). The Balaban J connectivity index is 1.80. The number of rotatable bonds is 6. The molecule has 1 atom stereocenters. The second-order valence-corrected chi connectivity index (χ2v) is 6.11. The summed E-state index contributed by atoms with van der Waals surface area (Å²) in [6, 6.07) is 11.8. The predicted molar refractivity (Wildman–Crippen MR) is 91.2 cm³/mol. The van der Waals surface area contributed by atoms with E-state index in [1.807, 2.05) is 24.3 Å². The molecule has 1 aliphatic heterocycles. The lowest BCUT2D eigenvalue weighted by Gasteiger charge is -2.37. The number of hydrogen-bond donors (Lipinski definition) is 1. The topological polar surface area (TPSA) is 56.9 Å². The van der Waals surface area contributed by atoms with Crippen molar-refractivity contribution in [1.82, 2.24) is 9.80 Å². The van der Waals surface area contributed by atoms with Crippen molar-refractivity contribution in [2.75, 3.05) is 19.7 Å². The fourth-order valence-corrected chi connectivity index (χ4v) is 3.34. The van der Waals surface area contributed by atoms with Crippen LogP contribution in [0.2, 0.25) is 0 Å². The maximum atomic E-state index is 13.1. The zero-order chi connectivity index (χ0) is 16.9. The first-order valence-electron chi connectivity index (χ1n) is 8.45. The maximum absolute atomic E-state index is 13.1. The minimum absolute atomic E-state index is 0.0526. The summed E-state index contributed by atoms with van der Waals surface area (Å²) in [6.45, 7) is 4.34. The minimum atomic E-state index is -0.189. The fourth-order valence-electron chi connectivity index (χ4n) is 3.34. The van der Waals surface area contributed by atoms with Crippen molar-refractivity contribution < 1.29 is 14.3 Å². The van der Waals surface area contributed by atoms with Gasteiger partial charge in [0.1, 0.15) is 5.76 Å². The van der Waals surface area contributed by atoms with E-state index >= 15 is 0 Å². The normalized spacial score (nSPS) is 17.5. The van der Waals surface area contributed by atoms with Crippen LogP contribution in [0.5, 0.6) is 0 Å². The van der Waals surface area contributed by atoms with Crippen LogP contribution in [0.1, 0.15) is 23.8 Å². The van der Waals surface area contributed by atoms with Gasteiger partial charge in [0, 0.05) is 13.1 Å². The van der Waals surface area contributed by atoms with E-state index in [0.29, 0.717) is 19.5 Å². The summed E-state index contributed by atoms with van der Waals surface area (Å²) in [6.07, 6.45) is 2.31. The van der Waals surface area contributed by atoms with Crippen LogP contribution in [0, 0.1) is 0 Å². The molecule has 5 heteroatoms. The summed E-state index contributed by atoms with van der Waals surface area (Å²) >= 11 is 0. The molecule has 1 amide bonds. The molecule has 0 saturated carbocycles. The average molecular weight is 328 g/mol. The first-order valence-corrected chi connectivity index (χ1v) is 8.45. The Labute approximate surface area is 142 Å². The smallest absolute Gasteiger partial charge is 0.240 e. The highest BCUT2D eigenvalue weighted by Gasteiger charge is 2.33. The Morgan fingerprint density at radius 1 is 1.29 bits per heavy atom. The number of fused-ring (bicyclic) bond motifs is 1. The molecular weight excluding hydrogens is 304 g/mol. The summed E-state index contributed by atoms with van der Waals surface area (Å²) in [7, 11) is 0. The van der Waals surface area contributed by atoms with Crippen molar-refractivity contribution in [2.45, 2.75) is 32.5 Å². The lowest BCUT2D eigenvalue weighted by molar-refractivity contribution is -0.139. The van der Waals surface area contributed by atoms with Gasteiger partial charge >= 0.3 is 0 Å². The van der Waals surface area contributed by atoms with Crippen LogP contribution in [0.3, 0.4) is 0 Å². The van der Waals surface area contributed by atoms with Crippen LogP contribution < -0.4 is 0 Å². The van der Waals surface area contributed by atoms with Crippen LogP contribution in [0.25, 0.3) is 0 Å². The van der Waals surface area contributed by atoms with Crippen molar-refractivity contribution >= 4 is 5.91 Å². The van der Waals surface area contributed by atoms with Crippen LogP contribution in [-0.2, 0) is 24.3 Å². The van der Waals surface area contributed by atoms with E-state index < -0.39 is 0 Å². The molecule has 1 aliphatic rings. The van der Waals surface area contributed by atoms with Crippen LogP contribution >= 0.6 is 0 Å². The van der Waals surface area contributed by atoms with Crippen LogP contribution in [-0.4, -0.2) is 46.6 Å². The number of aliphatic hydroxyl groups excluding tert-OH is 1. The molecule has 24 heavy (non-hydrogen) atoms. The van der Waals surface area contributed by atoms with Crippen molar-refractivity contribution in [3.63, 3.8) is 0 Å². The average Bonchev–Trinajstić information content (AvgIpc) is 3.12. The van der Waals surface area contributed by atoms with E-state index in [4.69, 9.17) is 4.42 Å². The van der Waals surface area contributed by atoms with E-state index in [0.717, 1.165) is 18.8 Å². The molecule has 0 spiro atoms. The van der Waals surface area contributed by atoms with E-state index in [1.54, 1.807) is 11.2 Å². The molecule has 128 valence electrons. The molecular formula is C19H24N2O3. The fraction of sp³-hybridized carbons (Fsp3) is 0.421. The Morgan fingerprint density at radius 3 is 2.75 bits per heavy atom. The third-order valence-corrected chi connectivity index (χ3v) is 4.65. The third kappa shape index (κ3) is 3.52. The molecule has 0 saturated heterocycles. The van der Waals surface area contributed by atoms with Gasteiger partial charge < -0.3 is 14.4 Å². The molecule has 2 heterocycles. The monoisotopic (exact) mass is 328 g/mol. The van der Waals surface area contributed by atoms with Gasteiger partial charge in [-0.1, -0.05) is 31.2 Å². The molecule has 1 N–H and O–H groups in total. The summed E-state index contributed by atoms with van der Waals surface area (Å²) in [4.78, 5) is 17.0. The zero-order valence-corrected chi connectivity index (χ0v) is 14.0. The highest BCUT2D eigenvalue weighted by molar-refractivity contribution is 5.82. The second-order valence-electron chi connectivity index (χ2n) is 6.11. The Hall–Kier alpha value is -2.11. The van der Waals surface area contributed by atoms with Gasteiger partial charge in [-0.2, -0.15) is 0 Å².